The van der Waals surface area contributed by atoms with Gasteiger partial charge in [0.25, 0.3) is 0 Å². The van der Waals surface area contributed by atoms with Gasteiger partial charge in [0, 0.05) is 18.1 Å². The lowest BCUT2D eigenvalue weighted by molar-refractivity contribution is -0.150. The topological polar surface area (TPSA) is 74.7 Å². The van der Waals surface area contributed by atoms with Crippen molar-refractivity contribution >= 4 is 27.6 Å². The molecule has 0 radical (unpaired) electrons. The Hall–Kier alpha value is -1.11. The Balaban J connectivity index is 2.20. The average Bonchev–Trinajstić information content (AvgIpc) is 2.39. The fourth-order valence-corrected chi connectivity index (χ4v) is 3.95. The summed E-state index contributed by atoms with van der Waals surface area (Å²) in [6.07, 6.45) is 0.615. The van der Waals surface area contributed by atoms with E-state index in [1.54, 1.807) is 19.1 Å². The van der Waals surface area contributed by atoms with E-state index in [1.807, 2.05) is 0 Å². The average molecular weight is 318 g/mol. The summed E-state index contributed by atoms with van der Waals surface area (Å²) in [4.78, 5) is 11.3. The minimum absolute atomic E-state index is 0.143. The van der Waals surface area contributed by atoms with Gasteiger partial charge in [-0.05, 0) is 38.0 Å². The molecule has 0 aromatic heterocycles. The van der Waals surface area contributed by atoms with Gasteiger partial charge in [-0.15, -0.1) is 0 Å². The Labute approximate surface area is 123 Å². The Kier molecular flexibility index (Phi) is 4.09. The highest BCUT2D eigenvalue weighted by Gasteiger charge is 2.40. The van der Waals surface area contributed by atoms with Crippen molar-refractivity contribution in [2.75, 3.05) is 13.1 Å². The van der Waals surface area contributed by atoms with Crippen molar-refractivity contribution in [1.29, 1.82) is 0 Å². The number of halogens is 1. The van der Waals surface area contributed by atoms with Crippen LogP contribution in [0, 0.1) is 5.41 Å². The molecule has 0 unspecified atom stereocenters. The molecule has 1 aliphatic heterocycles. The van der Waals surface area contributed by atoms with Gasteiger partial charge < -0.3 is 5.11 Å². The molecule has 0 atom stereocenters. The fourth-order valence-electron chi connectivity index (χ4n) is 2.21. The Morgan fingerprint density at radius 1 is 1.35 bits per heavy atom. The molecule has 2 rings (SSSR count). The number of nitrogens with zero attached hydrogens (tertiary/aromatic N) is 1. The second kappa shape index (κ2) is 5.35. The van der Waals surface area contributed by atoms with Gasteiger partial charge in [0.15, 0.2) is 0 Å². The molecular weight excluding hydrogens is 302 g/mol. The van der Waals surface area contributed by atoms with Crippen LogP contribution in [0.3, 0.4) is 0 Å². The highest BCUT2D eigenvalue weighted by Crippen LogP contribution is 2.33. The SMILES string of the molecule is CC1(C(=O)O)CCN(S(=O)(=O)c2cccc(Cl)c2)CC1. The van der Waals surface area contributed by atoms with E-state index in [2.05, 4.69) is 0 Å². The van der Waals surface area contributed by atoms with E-state index in [-0.39, 0.29) is 18.0 Å². The molecule has 1 aliphatic rings. The lowest BCUT2D eigenvalue weighted by Gasteiger charge is -2.35. The minimum Gasteiger partial charge on any atom is -0.481 e. The van der Waals surface area contributed by atoms with Crippen LogP contribution >= 0.6 is 11.6 Å². The monoisotopic (exact) mass is 317 g/mol. The number of carboxylic acids is 1. The van der Waals surface area contributed by atoms with Crippen LogP contribution in [0.1, 0.15) is 19.8 Å². The first-order chi connectivity index (χ1) is 9.25. The summed E-state index contributed by atoms with van der Waals surface area (Å²) in [6, 6.07) is 6.09. The molecule has 1 heterocycles. The highest BCUT2D eigenvalue weighted by molar-refractivity contribution is 7.89. The molecule has 0 spiro atoms. The number of aliphatic carboxylic acids is 1. The van der Waals surface area contributed by atoms with E-state index in [0.717, 1.165) is 0 Å². The quantitative estimate of drug-likeness (QED) is 0.927. The van der Waals surface area contributed by atoms with Gasteiger partial charge in [0.2, 0.25) is 10.0 Å². The van der Waals surface area contributed by atoms with Gasteiger partial charge >= 0.3 is 5.97 Å². The number of hydrogen-bond donors (Lipinski definition) is 1. The van der Waals surface area contributed by atoms with Gasteiger partial charge in [-0.3, -0.25) is 4.79 Å². The van der Waals surface area contributed by atoms with Gasteiger partial charge in [0.1, 0.15) is 0 Å². The highest BCUT2D eigenvalue weighted by atomic mass is 35.5. The first kappa shape index (κ1) is 15.3. The molecule has 1 aromatic rings. The van der Waals surface area contributed by atoms with Gasteiger partial charge in [-0.2, -0.15) is 4.31 Å². The van der Waals surface area contributed by atoms with Crippen LogP contribution in [0.4, 0.5) is 0 Å². The molecule has 0 aliphatic carbocycles. The van der Waals surface area contributed by atoms with Crippen molar-refractivity contribution in [3.05, 3.63) is 29.3 Å². The van der Waals surface area contributed by atoms with E-state index in [4.69, 9.17) is 16.7 Å². The third kappa shape index (κ3) is 2.82. The van der Waals surface area contributed by atoms with Crippen molar-refractivity contribution < 1.29 is 18.3 Å². The predicted molar refractivity (Wildman–Crippen MR) is 75.2 cm³/mol. The van der Waals surface area contributed by atoms with Crippen molar-refractivity contribution in [2.45, 2.75) is 24.7 Å². The standard InChI is InChI=1S/C13H16ClNO4S/c1-13(12(16)17)5-7-15(8-6-13)20(18,19)11-4-2-3-10(14)9-11/h2-4,9H,5-8H2,1H3,(H,16,17). The molecule has 1 saturated heterocycles. The lowest BCUT2D eigenvalue weighted by Crippen LogP contribution is -2.45. The van der Waals surface area contributed by atoms with Crippen molar-refractivity contribution in [3.63, 3.8) is 0 Å². The summed E-state index contributed by atoms with van der Waals surface area (Å²) < 4.78 is 26.2. The van der Waals surface area contributed by atoms with Crippen LogP contribution in [0.5, 0.6) is 0 Å². The number of piperidine rings is 1. The summed E-state index contributed by atoms with van der Waals surface area (Å²) in [7, 11) is -3.60. The molecule has 1 fully saturated rings. The molecule has 110 valence electrons. The van der Waals surface area contributed by atoms with Crippen molar-refractivity contribution in [2.24, 2.45) is 5.41 Å². The first-order valence-corrected chi connectivity index (χ1v) is 8.07. The summed E-state index contributed by atoms with van der Waals surface area (Å²) in [5, 5.41) is 9.51. The molecule has 0 saturated carbocycles. The molecule has 0 bridgehead atoms. The molecule has 5 nitrogen and oxygen atoms in total. The van der Waals surface area contributed by atoms with E-state index in [9.17, 15) is 13.2 Å². The normalized spacial score (nSPS) is 19.7. The maximum atomic E-state index is 12.4. The maximum absolute atomic E-state index is 12.4. The molecular formula is C13H16ClNO4S. The smallest absolute Gasteiger partial charge is 0.309 e. The third-order valence-electron chi connectivity index (χ3n) is 3.78. The number of hydrogen-bond acceptors (Lipinski definition) is 3. The third-order valence-corrected chi connectivity index (χ3v) is 5.91. The summed E-state index contributed by atoms with van der Waals surface area (Å²) in [6.45, 7) is 2.06. The van der Waals surface area contributed by atoms with E-state index in [0.29, 0.717) is 17.9 Å². The van der Waals surface area contributed by atoms with Crippen LogP contribution in [-0.2, 0) is 14.8 Å². The van der Waals surface area contributed by atoms with E-state index < -0.39 is 21.4 Å². The fraction of sp³-hybridized carbons (Fsp3) is 0.462. The largest absolute Gasteiger partial charge is 0.481 e. The van der Waals surface area contributed by atoms with Crippen LogP contribution in [0.15, 0.2) is 29.2 Å². The summed E-state index contributed by atoms with van der Waals surface area (Å²) in [5.74, 6) is -0.877. The zero-order chi connectivity index (χ0) is 15.0. The van der Waals surface area contributed by atoms with Gasteiger partial charge in [0.05, 0.1) is 10.3 Å². The number of carbonyl (C=O) groups is 1. The van der Waals surface area contributed by atoms with Crippen LogP contribution in [0.25, 0.3) is 0 Å². The number of carboxylic acid groups (broad SMARTS) is 1. The van der Waals surface area contributed by atoms with Crippen LogP contribution in [0.2, 0.25) is 5.02 Å². The van der Waals surface area contributed by atoms with Crippen molar-refractivity contribution in [3.8, 4) is 0 Å². The molecule has 20 heavy (non-hydrogen) atoms. The Morgan fingerprint density at radius 2 is 1.95 bits per heavy atom. The second-order valence-electron chi connectivity index (χ2n) is 5.23. The maximum Gasteiger partial charge on any atom is 0.309 e. The zero-order valence-corrected chi connectivity index (χ0v) is 12.6. The lowest BCUT2D eigenvalue weighted by atomic mass is 9.81. The molecule has 7 heteroatoms. The minimum atomic E-state index is -3.60. The Bertz CT molecular complexity index is 621. The molecule has 0 amide bonds. The van der Waals surface area contributed by atoms with Gasteiger partial charge in [-0.25, -0.2) is 8.42 Å². The van der Waals surface area contributed by atoms with E-state index in [1.165, 1.54) is 16.4 Å². The predicted octanol–water partition coefficient (Wildman–Crippen LogP) is 2.22. The zero-order valence-electron chi connectivity index (χ0n) is 11.0. The van der Waals surface area contributed by atoms with Crippen molar-refractivity contribution in [1.82, 2.24) is 4.31 Å². The van der Waals surface area contributed by atoms with Gasteiger partial charge in [-0.1, -0.05) is 17.7 Å². The van der Waals surface area contributed by atoms with Crippen LogP contribution < -0.4 is 0 Å². The number of rotatable bonds is 3. The van der Waals surface area contributed by atoms with Crippen LogP contribution in [-0.4, -0.2) is 36.9 Å². The molecule has 1 aromatic carbocycles. The summed E-state index contributed by atoms with van der Waals surface area (Å²) >= 11 is 5.82. The molecule has 1 N–H and O–H groups in total. The number of benzene rings is 1. The van der Waals surface area contributed by atoms with E-state index >= 15 is 0 Å². The summed E-state index contributed by atoms with van der Waals surface area (Å²) in [5.41, 5.74) is -0.847. The first-order valence-electron chi connectivity index (χ1n) is 6.25. The Morgan fingerprint density at radius 3 is 2.45 bits per heavy atom. The number of sulfonamides is 1. The second-order valence-corrected chi connectivity index (χ2v) is 7.60.